The lowest BCUT2D eigenvalue weighted by molar-refractivity contribution is 0.588. The molecule has 0 amide bonds. The van der Waals surface area contributed by atoms with E-state index in [0.717, 1.165) is 28.0 Å². The minimum absolute atomic E-state index is 0.00179. The normalized spacial score (nSPS) is 14.5. The molecule has 0 radical (unpaired) electrons. The van der Waals surface area contributed by atoms with Crippen LogP contribution in [0.25, 0.3) is 39.2 Å². The van der Waals surface area contributed by atoms with E-state index >= 15 is 0 Å². The van der Waals surface area contributed by atoms with Crippen molar-refractivity contribution in [3.05, 3.63) is 173 Å². The van der Waals surface area contributed by atoms with Gasteiger partial charge < -0.3 is 9.80 Å². The third-order valence-corrected chi connectivity index (χ3v) is 19.2. The van der Waals surface area contributed by atoms with Crippen molar-refractivity contribution < 1.29 is 0 Å². The number of aromatic nitrogens is 2. The lowest BCUT2D eigenvalue weighted by atomic mass is 9.33. The van der Waals surface area contributed by atoms with E-state index in [1.807, 2.05) is 23.5 Å². The van der Waals surface area contributed by atoms with Crippen LogP contribution in [-0.2, 0) is 21.7 Å². The molecule has 0 unspecified atom stereocenters. The maximum Gasteiger partial charge on any atom is 0.252 e. The first-order chi connectivity index (χ1) is 36.8. The summed E-state index contributed by atoms with van der Waals surface area (Å²) < 4.78 is 2.47. The molecule has 5 heterocycles. The first-order valence-electron chi connectivity index (χ1n) is 28.4. The summed E-state index contributed by atoms with van der Waals surface area (Å²) >= 11 is 3.93. The number of rotatable bonds is 5. The highest BCUT2D eigenvalue weighted by molar-refractivity contribution is 8.00. The van der Waals surface area contributed by atoms with E-state index in [1.165, 1.54) is 115 Å². The molecule has 78 heavy (non-hydrogen) atoms. The summed E-state index contributed by atoms with van der Waals surface area (Å²) in [5.41, 5.74) is 26.6. The maximum atomic E-state index is 5.54. The van der Waals surface area contributed by atoms with Crippen LogP contribution in [0.2, 0.25) is 0 Å². The Bertz CT molecular complexity index is 3810. The molecule has 8 aromatic carbocycles. The average Bonchev–Trinajstić information content (AvgIpc) is 3.22. The van der Waals surface area contributed by atoms with E-state index in [1.54, 1.807) is 0 Å². The zero-order valence-corrected chi connectivity index (χ0v) is 50.2. The topological polar surface area (TPSA) is 24.3 Å². The molecule has 0 spiro atoms. The van der Waals surface area contributed by atoms with E-state index in [-0.39, 0.29) is 28.4 Å². The van der Waals surface area contributed by atoms with Gasteiger partial charge in [-0.1, -0.05) is 207 Å². The van der Waals surface area contributed by atoms with Gasteiger partial charge in [-0.3, -0.25) is 4.57 Å². The lowest BCUT2D eigenvalue weighted by Crippen LogP contribution is -2.62. The molecule has 1 aromatic heterocycles. The Morgan fingerprint density at radius 1 is 0.410 bits per heavy atom. The first-order valence-corrected chi connectivity index (χ1v) is 30.0. The van der Waals surface area contributed by atoms with E-state index in [9.17, 15) is 0 Å². The highest BCUT2D eigenvalue weighted by Gasteiger charge is 2.49. The minimum atomic E-state index is -0.0663. The van der Waals surface area contributed by atoms with Gasteiger partial charge in [0.1, 0.15) is 5.82 Å². The fraction of sp³-hybridized carbons (Fsp3) is 0.310. The molecule has 9 aromatic rings. The predicted molar refractivity (Wildman–Crippen MR) is 337 cm³/mol. The largest absolute Gasteiger partial charge is 0.309 e. The SMILES string of the molecule is CC(C)c1cccc(C(C)C)c1-n1c(-c2cccc(-c3cc4c5c(c3)N3c6ccc(C(C)(C)C)cc6Sc6cc(C(C)(C)C)cc(c63)B5c3cc(C(C)(C)C)cc5c3N4c3ccc(C(C)(C)C)cc3S5)c2)nc2ccccc21. The van der Waals surface area contributed by atoms with Gasteiger partial charge in [0.05, 0.1) is 39.5 Å². The Hall–Kier alpha value is -6.41. The molecular weight excluding hydrogens is 984 g/mol. The highest BCUT2D eigenvalue weighted by atomic mass is 32.2. The lowest BCUT2D eigenvalue weighted by Gasteiger charge is -2.48. The van der Waals surface area contributed by atoms with Crippen LogP contribution in [0.5, 0.6) is 0 Å². The maximum absolute atomic E-state index is 5.54. The number of anilines is 6. The fourth-order valence-electron chi connectivity index (χ4n) is 12.7. The monoisotopic (exact) mass is 1060 g/mol. The number of fused-ring (bicyclic) bond motifs is 9. The summed E-state index contributed by atoms with van der Waals surface area (Å²) in [4.78, 5) is 16.2. The van der Waals surface area contributed by atoms with Gasteiger partial charge in [-0.2, -0.15) is 0 Å². The summed E-state index contributed by atoms with van der Waals surface area (Å²) in [5, 5.41) is 0. The molecule has 0 N–H and O–H groups in total. The Labute approximate surface area is 473 Å². The van der Waals surface area contributed by atoms with Gasteiger partial charge in [0.15, 0.2) is 0 Å². The molecule has 4 aliphatic heterocycles. The quantitative estimate of drug-likeness (QED) is 0.160. The number of hydrogen-bond donors (Lipinski definition) is 0. The Balaban J connectivity index is 1.13. The Kier molecular flexibility index (Phi) is 11.5. The van der Waals surface area contributed by atoms with E-state index in [4.69, 9.17) is 4.98 Å². The van der Waals surface area contributed by atoms with Crippen molar-refractivity contribution in [1.82, 2.24) is 9.55 Å². The number of para-hydroxylation sites is 3. The number of benzene rings is 8. The molecule has 0 saturated carbocycles. The van der Waals surface area contributed by atoms with Gasteiger partial charge in [-0.15, -0.1) is 0 Å². The van der Waals surface area contributed by atoms with Crippen molar-refractivity contribution in [3.8, 4) is 28.2 Å². The van der Waals surface area contributed by atoms with Gasteiger partial charge in [0.25, 0.3) is 6.71 Å². The number of nitrogens with zero attached hydrogens (tertiary/aromatic N) is 4. The van der Waals surface area contributed by atoms with Crippen molar-refractivity contribution in [2.24, 2.45) is 0 Å². The molecule has 0 bridgehead atoms. The van der Waals surface area contributed by atoms with Gasteiger partial charge in [0, 0.05) is 36.5 Å². The molecule has 4 aliphatic rings. The summed E-state index contributed by atoms with van der Waals surface area (Å²) in [6, 6.07) is 54.7. The van der Waals surface area contributed by atoms with Crippen LogP contribution in [0.3, 0.4) is 0 Å². The molecule has 0 atom stereocenters. The van der Waals surface area contributed by atoms with Crippen LogP contribution in [0.4, 0.5) is 34.1 Å². The van der Waals surface area contributed by atoms with Crippen molar-refractivity contribution in [2.45, 2.75) is 164 Å². The fourth-order valence-corrected chi connectivity index (χ4v) is 15.0. The minimum Gasteiger partial charge on any atom is -0.309 e. The second kappa shape index (κ2) is 17.5. The average molecular weight is 1060 g/mol. The smallest absolute Gasteiger partial charge is 0.252 e. The molecule has 7 heteroatoms. The molecule has 13 rings (SSSR count). The third-order valence-electron chi connectivity index (χ3n) is 17.1. The summed E-state index contributed by atoms with van der Waals surface area (Å²) in [6.07, 6.45) is 0. The van der Waals surface area contributed by atoms with Crippen LogP contribution >= 0.6 is 23.5 Å². The van der Waals surface area contributed by atoms with Gasteiger partial charge in [0.2, 0.25) is 0 Å². The van der Waals surface area contributed by atoms with Crippen LogP contribution in [0.1, 0.15) is 156 Å². The Morgan fingerprint density at radius 2 is 0.872 bits per heavy atom. The number of imidazole rings is 1. The summed E-state index contributed by atoms with van der Waals surface area (Å²) in [5.74, 6) is 1.61. The van der Waals surface area contributed by atoms with Crippen molar-refractivity contribution >= 4 is 91.8 Å². The molecule has 4 nitrogen and oxygen atoms in total. The molecule has 0 fully saturated rings. The van der Waals surface area contributed by atoms with Crippen molar-refractivity contribution in [2.75, 3.05) is 9.80 Å². The highest BCUT2D eigenvalue weighted by Crippen LogP contribution is 2.59. The predicted octanol–water partition coefficient (Wildman–Crippen LogP) is 18.8. The molecule has 0 saturated heterocycles. The Morgan fingerprint density at radius 3 is 1.36 bits per heavy atom. The van der Waals surface area contributed by atoms with Crippen molar-refractivity contribution in [1.29, 1.82) is 0 Å². The van der Waals surface area contributed by atoms with Crippen LogP contribution < -0.4 is 26.2 Å². The second-order valence-electron chi connectivity index (χ2n) is 27.4. The summed E-state index contributed by atoms with van der Waals surface area (Å²) in [6.45, 7) is 37.6. The molecular formula is C71H73BN4S2. The van der Waals surface area contributed by atoms with Crippen LogP contribution in [0.15, 0.2) is 159 Å². The van der Waals surface area contributed by atoms with Crippen molar-refractivity contribution in [3.63, 3.8) is 0 Å². The van der Waals surface area contributed by atoms with Gasteiger partial charge in [-0.05, 0) is 161 Å². The molecule has 392 valence electrons. The van der Waals surface area contributed by atoms with Gasteiger partial charge >= 0.3 is 0 Å². The third kappa shape index (κ3) is 7.98. The first kappa shape index (κ1) is 51.1. The molecule has 0 aliphatic carbocycles. The zero-order chi connectivity index (χ0) is 54.9. The van der Waals surface area contributed by atoms with E-state index in [2.05, 4.69) is 265 Å². The standard InChI is InChI=1S/C71H73BN4S2/c1-40(2)49-23-20-24-50(41(3)4)64(49)76-54-26-18-17-25-53(54)73-67(76)43-22-19-21-42(31-43)44-32-57-63-58(33-44)75-56-30-28-46(69(8,9)10)37-60(56)78-62-39-48(71(14,15)16)35-52(66(62)75)72(63)51-34-47(70(11,12)13)38-61-65(51)74(57)55-29-27-45(68(5,6)7)36-59(55)77-61/h17-41H,1-16H3. The van der Waals surface area contributed by atoms with Crippen LogP contribution in [-0.4, -0.2) is 16.3 Å². The zero-order valence-electron chi connectivity index (χ0n) is 48.6. The second-order valence-corrected chi connectivity index (χ2v) is 29.5. The summed E-state index contributed by atoms with van der Waals surface area (Å²) in [7, 11) is 0. The van der Waals surface area contributed by atoms with Gasteiger partial charge in [-0.25, -0.2) is 4.98 Å². The number of hydrogen-bond acceptors (Lipinski definition) is 5. The van der Waals surface area contributed by atoms with E-state index < -0.39 is 0 Å². The van der Waals surface area contributed by atoms with Crippen LogP contribution in [0, 0.1) is 0 Å². The van der Waals surface area contributed by atoms with E-state index in [0.29, 0.717) is 11.8 Å².